The third-order valence-electron chi connectivity index (χ3n) is 3.43. The number of nitrogens with one attached hydrogen (secondary N) is 1. The largest absolute Gasteiger partial charge is 0.376 e. The number of hydrogen-bond donors (Lipinski definition) is 1. The number of urea groups is 1. The lowest BCUT2D eigenvalue weighted by atomic mass is 10.2. The number of hydrogen-bond acceptors (Lipinski definition) is 5. The summed E-state index contributed by atoms with van der Waals surface area (Å²) in [7, 11) is 0. The van der Waals surface area contributed by atoms with Crippen LogP contribution in [-0.2, 0) is 19.1 Å². The molecule has 0 saturated carbocycles. The molecule has 2 aliphatic heterocycles. The molecule has 0 unspecified atom stereocenters. The Hall–Kier alpha value is -1.96. The van der Waals surface area contributed by atoms with Crippen LogP contribution in [0.15, 0.2) is 0 Å². The maximum absolute atomic E-state index is 11.9. The molecule has 0 spiro atoms. The minimum Gasteiger partial charge on any atom is -0.376 e. The predicted octanol–water partition coefficient (Wildman–Crippen LogP) is -0.518. The van der Waals surface area contributed by atoms with Gasteiger partial charge in [-0.05, 0) is 19.3 Å². The Labute approximate surface area is 122 Å². The number of ether oxygens (including phenoxy) is 1. The lowest BCUT2D eigenvalue weighted by molar-refractivity contribution is -0.144. The summed E-state index contributed by atoms with van der Waals surface area (Å²) in [5.41, 5.74) is 0. The molecule has 0 radical (unpaired) electrons. The van der Waals surface area contributed by atoms with Crippen molar-refractivity contribution in [3.05, 3.63) is 0 Å². The molecular formula is C13H19N3O5. The van der Waals surface area contributed by atoms with Gasteiger partial charge in [-0.15, -0.1) is 0 Å². The van der Waals surface area contributed by atoms with Crippen molar-refractivity contribution in [1.82, 2.24) is 15.1 Å². The summed E-state index contributed by atoms with van der Waals surface area (Å²) in [6.45, 7) is 2.57. The predicted molar refractivity (Wildman–Crippen MR) is 71.1 cm³/mol. The Balaban J connectivity index is 1.86. The van der Waals surface area contributed by atoms with E-state index in [0.717, 1.165) is 17.7 Å². The third-order valence-corrected chi connectivity index (χ3v) is 3.43. The van der Waals surface area contributed by atoms with Crippen LogP contribution in [-0.4, -0.2) is 65.9 Å². The Bertz CT molecular complexity index is 459. The van der Waals surface area contributed by atoms with Gasteiger partial charge < -0.3 is 10.1 Å². The highest BCUT2D eigenvalue weighted by molar-refractivity contribution is 6.45. The molecule has 116 valence electrons. The standard InChI is InChI=1S/C13H19N3O5/c1-2-5-15-11(18)12(19)16(13(15)20)8-10(17)14-7-9-4-3-6-21-9/h9H,2-8H2,1H3,(H,14,17)/t9-/m0/s1. The van der Waals surface area contributed by atoms with E-state index in [9.17, 15) is 19.2 Å². The van der Waals surface area contributed by atoms with E-state index in [2.05, 4.69) is 5.32 Å². The zero-order chi connectivity index (χ0) is 15.4. The number of carbonyl (C=O) groups is 4. The minimum absolute atomic E-state index is 0.0165. The molecule has 1 N–H and O–H groups in total. The van der Waals surface area contributed by atoms with Gasteiger partial charge in [-0.1, -0.05) is 6.92 Å². The van der Waals surface area contributed by atoms with Crippen LogP contribution in [0.25, 0.3) is 0 Å². The van der Waals surface area contributed by atoms with E-state index in [4.69, 9.17) is 4.74 Å². The first kappa shape index (κ1) is 15.4. The highest BCUT2D eigenvalue weighted by Gasteiger charge is 2.44. The highest BCUT2D eigenvalue weighted by Crippen LogP contribution is 2.13. The topological polar surface area (TPSA) is 96.0 Å². The normalized spacial score (nSPS) is 22.3. The van der Waals surface area contributed by atoms with E-state index in [-0.39, 0.29) is 12.6 Å². The van der Waals surface area contributed by atoms with Gasteiger partial charge in [0.05, 0.1) is 6.10 Å². The maximum Gasteiger partial charge on any atom is 0.334 e. The Morgan fingerprint density at radius 3 is 2.62 bits per heavy atom. The number of nitrogens with zero attached hydrogens (tertiary/aromatic N) is 2. The van der Waals surface area contributed by atoms with Crippen LogP contribution in [0, 0.1) is 0 Å². The highest BCUT2D eigenvalue weighted by atomic mass is 16.5. The van der Waals surface area contributed by atoms with E-state index in [1.165, 1.54) is 0 Å². The molecule has 8 heteroatoms. The smallest absolute Gasteiger partial charge is 0.334 e. The van der Waals surface area contributed by atoms with E-state index in [1.807, 2.05) is 0 Å². The molecule has 2 saturated heterocycles. The Kier molecular flexibility index (Phi) is 4.89. The van der Waals surface area contributed by atoms with Gasteiger partial charge in [0.25, 0.3) is 0 Å². The molecular weight excluding hydrogens is 278 g/mol. The van der Waals surface area contributed by atoms with E-state index >= 15 is 0 Å². The van der Waals surface area contributed by atoms with Gasteiger partial charge in [0, 0.05) is 19.7 Å². The fourth-order valence-electron chi connectivity index (χ4n) is 2.34. The molecule has 0 aliphatic carbocycles. The summed E-state index contributed by atoms with van der Waals surface area (Å²) in [4.78, 5) is 48.6. The van der Waals surface area contributed by atoms with Crippen LogP contribution >= 0.6 is 0 Å². The summed E-state index contributed by atoms with van der Waals surface area (Å²) in [6, 6.07) is -0.723. The molecule has 2 fully saturated rings. The van der Waals surface area contributed by atoms with Gasteiger partial charge >= 0.3 is 17.8 Å². The average molecular weight is 297 g/mol. The lowest BCUT2D eigenvalue weighted by Gasteiger charge is -2.15. The van der Waals surface area contributed by atoms with E-state index in [1.54, 1.807) is 6.92 Å². The second-order valence-electron chi connectivity index (χ2n) is 5.07. The van der Waals surface area contributed by atoms with Crippen molar-refractivity contribution in [3.8, 4) is 0 Å². The fourth-order valence-corrected chi connectivity index (χ4v) is 2.34. The molecule has 2 heterocycles. The van der Waals surface area contributed by atoms with Crippen LogP contribution in [0.4, 0.5) is 4.79 Å². The summed E-state index contributed by atoms with van der Waals surface area (Å²) in [5, 5.41) is 2.61. The SMILES string of the molecule is CCCN1C(=O)C(=O)N(CC(=O)NC[C@@H]2CCCO2)C1=O. The van der Waals surface area contributed by atoms with Gasteiger partial charge in [-0.2, -0.15) is 0 Å². The zero-order valence-corrected chi connectivity index (χ0v) is 12.0. The van der Waals surface area contributed by atoms with Crippen molar-refractivity contribution < 1.29 is 23.9 Å². The molecule has 1 atom stereocenters. The van der Waals surface area contributed by atoms with Crippen molar-refractivity contribution >= 4 is 23.8 Å². The van der Waals surface area contributed by atoms with Crippen molar-refractivity contribution in [2.45, 2.75) is 32.3 Å². The summed E-state index contributed by atoms with van der Waals surface area (Å²) in [6.07, 6.45) is 2.38. The van der Waals surface area contributed by atoms with E-state index < -0.39 is 30.3 Å². The van der Waals surface area contributed by atoms with Crippen LogP contribution in [0.1, 0.15) is 26.2 Å². The molecule has 8 nitrogen and oxygen atoms in total. The first-order valence-corrected chi connectivity index (χ1v) is 7.10. The van der Waals surface area contributed by atoms with Crippen molar-refractivity contribution in [2.75, 3.05) is 26.2 Å². The second kappa shape index (κ2) is 6.66. The Morgan fingerprint density at radius 2 is 2.00 bits per heavy atom. The summed E-state index contributed by atoms with van der Waals surface area (Å²) < 4.78 is 5.36. The van der Waals surface area contributed by atoms with Crippen molar-refractivity contribution in [3.63, 3.8) is 0 Å². The molecule has 0 aromatic heterocycles. The summed E-state index contributed by atoms with van der Waals surface area (Å²) >= 11 is 0. The van der Waals surface area contributed by atoms with Crippen LogP contribution < -0.4 is 5.32 Å². The second-order valence-corrected chi connectivity index (χ2v) is 5.07. The molecule has 0 bridgehead atoms. The van der Waals surface area contributed by atoms with Crippen molar-refractivity contribution in [2.24, 2.45) is 0 Å². The molecule has 2 aliphatic rings. The molecule has 5 amide bonds. The first-order valence-electron chi connectivity index (χ1n) is 7.10. The molecule has 0 aromatic rings. The number of imide groups is 2. The minimum atomic E-state index is -0.944. The lowest BCUT2D eigenvalue weighted by Crippen LogP contribution is -2.43. The third kappa shape index (κ3) is 3.38. The summed E-state index contributed by atoms with van der Waals surface area (Å²) in [5.74, 6) is -2.28. The zero-order valence-electron chi connectivity index (χ0n) is 12.0. The first-order chi connectivity index (χ1) is 10.0. The fraction of sp³-hybridized carbons (Fsp3) is 0.692. The monoisotopic (exact) mass is 297 g/mol. The Morgan fingerprint density at radius 1 is 1.29 bits per heavy atom. The molecule has 21 heavy (non-hydrogen) atoms. The van der Waals surface area contributed by atoms with E-state index in [0.29, 0.717) is 24.5 Å². The number of rotatable bonds is 6. The number of amides is 5. The van der Waals surface area contributed by atoms with Gasteiger partial charge in [-0.3, -0.25) is 19.3 Å². The van der Waals surface area contributed by atoms with Crippen LogP contribution in [0.5, 0.6) is 0 Å². The van der Waals surface area contributed by atoms with Gasteiger partial charge in [0.15, 0.2) is 0 Å². The maximum atomic E-state index is 11.9. The van der Waals surface area contributed by atoms with Crippen LogP contribution in [0.2, 0.25) is 0 Å². The average Bonchev–Trinajstić information content (AvgIpc) is 3.04. The molecule has 0 aromatic carbocycles. The number of carbonyl (C=O) groups excluding carboxylic acids is 4. The molecule has 2 rings (SSSR count). The quantitative estimate of drug-likeness (QED) is 0.526. The van der Waals surface area contributed by atoms with Gasteiger partial charge in [0.2, 0.25) is 5.91 Å². The van der Waals surface area contributed by atoms with Crippen LogP contribution in [0.3, 0.4) is 0 Å². The van der Waals surface area contributed by atoms with Gasteiger partial charge in [0.1, 0.15) is 6.54 Å². The van der Waals surface area contributed by atoms with Gasteiger partial charge in [-0.25, -0.2) is 9.69 Å². The van der Waals surface area contributed by atoms with Crippen molar-refractivity contribution in [1.29, 1.82) is 0 Å².